The van der Waals surface area contributed by atoms with Crippen LogP contribution in [0.25, 0.3) is 0 Å². The van der Waals surface area contributed by atoms with Gasteiger partial charge < -0.3 is 9.47 Å². The minimum atomic E-state index is -0.209. The number of rotatable bonds is 1. The summed E-state index contributed by atoms with van der Waals surface area (Å²) in [5, 5.41) is 0. The molecule has 4 rings (SSSR count). The molecule has 1 aromatic rings. The summed E-state index contributed by atoms with van der Waals surface area (Å²) in [4.78, 5) is 23.7. The maximum atomic E-state index is 11.9. The Morgan fingerprint density at radius 1 is 1.23 bits per heavy atom. The highest BCUT2D eigenvalue weighted by molar-refractivity contribution is 5.82. The van der Waals surface area contributed by atoms with Crippen LogP contribution < -0.4 is 4.74 Å². The number of fused-ring (bicyclic) bond motifs is 4. The summed E-state index contributed by atoms with van der Waals surface area (Å²) in [5.41, 5.74) is 4.71. The van der Waals surface area contributed by atoms with Gasteiger partial charge in [-0.05, 0) is 53.4 Å². The Bertz CT molecular complexity index is 807. The first-order chi connectivity index (χ1) is 12.1. The zero-order chi connectivity index (χ0) is 18.9. The summed E-state index contributed by atoms with van der Waals surface area (Å²) in [5.74, 6) is 0.613. The Labute approximate surface area is 155 Å². The van der Waals surface area contributed by atoms with E-state index in [9.17, 15) is 9.59 Å². The first-order valence-electron chi connectivity index (χ1n) is 9.67. The SMILES string of the molecule is CC(=O)O[C@@H]1Cc2c(cc3c(c2C)CC(=O)O3)[C@@]2(C)CCCC(C)(C)[C@H]12. The molecule has 0 unspecified atom stereocenters. The second kappa shape index (κ2) is 5.58. The fraction of sp³-hybridized carbons (Fsp3) is 0.636. The molecule has 3 atom stereocenters. The van der Waals surface area contributed by atoms with Crippen molar-refractivity contribution in [3.8, 4) is 5.75 Å². The van der Waals surface area contributed by atoms with Gasteiger partial charge in [0, 0.05) is 24.8 Å². The molecule has 0 saturated heterocycles. The smallest absolute Gasteiger partial charge is 0.315 e. The molecule has 1 fully saturated rings. The van der Waals surface area contributed by atoms with Gasteiger partial charge in [0.2, 0.25) is 0 Å². The van der Waals surface area contributed by atoms with Crippen LogP contribution in [0.3, 0.4) is 0 Å². The van der Waals surface area contributed by atoms with Crippen molar-refractivity contribution >= 4 is 11.9 Å². The second-order valence-electron chi connectivity index (χ2n) is 9.24. The zero-order valence-electron chi connectivity index (χ0n) is 16.4. The predicted molar refractivity (Wildman–Crippen MR) is 98.3 cm³/mol. The number of benzene rings is 1. The molecule has 4 nitrogen and oxygen atoms in total. The van der Waals surface area contributed by atoms with Crippen LogP contribution in [0.15, 0.2) is 6.07 Å². The normalized spacial score (nSPS) is 31.5. The molecule has 0 aromatic heterocycles. The number of carbonyl (C=O) groups excluding carboxylic acids is 2. The molecule has 0 radical (unpaired) electrons. The van der Waals surface area contributed by atoms with Gasteiger partial charge >= 0.3 is 11.9 Å². The van der Waals surface area contributed by atoms with Crippen molar-refractivity contribution in [2.75, 3.05) is 0 Å². The topological polar surface area (TPSA) is 52.6 Å². The molecule has 0 amide bonds. The summed E-state index contributed by atoms with van der Waals surface area (Å²) < 4.78 is 11.4. The number of ether oxygens (including phenoxy) is 2. The van der Waals surface area contributed by atoms with Crippen LogP contribution in [-0.2, 0) is 32.6 Å². The zero-order valence-corrected chi connectivity index (χ0v) is 16.4. The molecular weight excluding hydrogens is 328 g/mol. The van der Waals surface area contributed by atoms with Crippen molar-refractivity contribution in [2.24, 2.45) is 11.3 Å². The van der Waals surface area contributed by atoms with Crippen LogP contribution >= 0.6 is 0 Å². The van der Waals surface area contributed by atoms with Crippen LogP contribution in [0, 0.1) is 18.3 Å². The lowest BCUT2D eigenvalue weighted by Gasteiger charge is -2.57. The Hall–Kier alpha value is -1.84. The van der Waals surface area contributed by atoms with Gasteiger partial charge in [-0.2, -0.15) is 0 Å². The van der Waals surface area contributed by atoms with E-state index in [0.717, 1.165) is 42.6 Å². The average molecular weight is 356 g/mol. The highest BCUT2D eigenvalue weighted by Crippen LogP contribution is 2.59. The standard InChI is InChI=1S/C22H28O4/c1-12-14-9-18(25-13(2)23)20-21(3,4)7-6-8-22(20,5)16(14)11-17-15(12)10-19(24)26-17/h11,18,20H,6-10H2,1-5H3/t18-,20+,22-/m1/s1. The van der Waals surface area contributed by atoms with Crippen molar-refractivity contribution in [1.82, 2.24) is 0 Å². The van der Waals surface area contributed by atoms with Crippen molar-refractivity contribution in [2.45, 2.75) is 78.2 Å². The van der Waals surface area contributed by atoms with Gasteiger partial charge in [0.25, 0.3) is 0 Å². The monoisotopic (exact) mass is 356 g/mol. The maximum absolute atomic E-state index is 11.9. The van der Waals surface area contributed by atoms with Crippen molar-refractivity contribution in [1.29, 1.82) is 0 Å². The lowest BCUT2D eigenvalue weighted by atomic mass is 9.49. The Balaban J connectivity index is 1.92. The van der Waals surface area contributed by atoms with Gasteiger partial charge in [-0.15, -0.1) is 0 Å². The van der Waals surface area contributed by atoms with Gasteiger partial charge in [-0.25, -0.2) is 0 Å². The summed E-state index contributed by atoms with van der Waals surface area (Å²) >= 11 is 0. The molecule has 26 heavy (non-hydrogen) atoms. The van der Waals surface area contributed by atoms with E-state index in [1.807, 2.05) is 0 Å². The van der Waals surface area contributed by atoms with Crippen LogP contribution in [-0.4, -0.2) is 18.0 Å². The van der Waals surface area contributed by atoms with Gasteiger partial charge in [0.15, 0.2) is 0 Å². The van der Waals surface area contributed by atoms with Crippen LogP contribution in [0.4, 0.5) is 0 Å². The number of carbonyl (C=O) groups is 2. The molecule has 1 aliphatic heterocycles. The molecule has 3 aliphatic rings. The van der Waals surface area contributed by atoms with Crippen LogP contribution in [0.5, 0.6) is 5.75 Å². The molecule has 140 valence electrons. The molecule has 4 heteroatoms. The van der Waals surface area contributed by atoms with E-state index in [-0.39, 0.29) is 34.8 Å². The van der Waals surface area contributed by atoms with Crippen molar-refractivity contribution < 1.29 is 19.1 Å². The summed E-state index contributed by atoms with van der Waals surface area (Å²) in [6, 6.07) is 2.11. The third-order valence-corrected chi connectivity index (χ3v) is 7.10. The molecule has 1 heterocycles. The lowest BCUT2D eigenvalue weighted by Crippen LogP contribution is -2.55. The lowest BCUT2D eigenvalue weighted by molar-refractivity contribution is -0.158. The summed E-state index contributed by atoms with van der Waals surface area (Å²) in [6.07, 6.45) is 4.32. The fourth-order valence-electron chi connectivity index (χ4n) is 6.20. The molecule has 1 aromatic carbocycles. The van der Waals surface area contributed by atoms with Crippen LogP contribution in [0.1, 0.15) is 69.2 Å². The number of esters is 2. The third kappa shape index (κ3) is 2.41. The molecule has 1 saturated carbocycles. The van der Waals surface area contributed by atoms with Gasteiger partial charge in [0.05, 0.1) is 6.42 Å². The molecule has 0 N–H and O–H groups in total. The molecule has 0 spiro atoms. The first-order valence-corrected chi connectivity index (χ1v) is 9.67. The fourth-order valence-corrected chi connectivity index (χ4v) is 6.20. The summed E-state index contributed by atoms with van der Waals surface area (Å²) in [6.45, 7) is 10.5. The molecule has 0 bridgehead atoms. The van der Waals surface area contributed by atoms with E-state index < -0.39 is 0 Å². The van der Waals surface area contributed by atoms with E-state index in [4.69, 9.17) is 9.47 Å². The Morgan fingerprint density at radius 3 is 2.65 bits per heavy atom. The Kier molecular flexibility index (Phi) is 3.77. The quantitative estimate of drug-likeness (QED) is 0.563. The van der Waals surface area contributed by atoms with E-state index in [0.29, 0.717) is 6.42 Å². The van der Waals surface area contributed by atoms with E-state index in [2.05, 4.69) is 33.8 Å². The summed E-state index contributed by atoms with van der Waals surface area (Å²) in [7, 11) is 0. The second-order valence-corrected chi connectivity index (χ2v) is 9.24. The third-order valence-electron chi connectivity index (χ3n) is 7.10. The Morgan fingerprint density at radius 2 is 1.96 bits per heavy atom. The van der Waals surface area contributed by atoms with Gasteiger partial charge in [0.1, 0.15) is 11.9 Å². The number of hydrogen-bond donors (Lipinski definition) is 0. The number of hydrogen-bond acceptors (Lipinski definition) is 4. The van der Waals surface area contributed by atoms with E-state index in [1.165, 1.54) is 18.1 Å². The van der Waals surface area contributed by atoms with Crippen molar-refractivity contribution in [3.63, 3.8) is 0 Å². The largest absolute Gasteiger partial charge is 0.462 e. The minimum Gasteiger partial charge on any atom is -0.462 e. The van der Waals surface area contributed by atoms with Gasteiger partial charge in [-0.1, -0.05) is 27.2 Å². The average Bonchev–Trinajstić information content (AvgIpc) is 2.88. The highest BCUT2D eigenvalue weighted by Gasteiger charge is 2.55. The maximum Gasteiger partial charge on any atom is 0.315 e. The van der Waals surface area contributed by atoms with Gasteiger partial charge in [-0.3, -0.25) is 9.59 Å². The first kappa shape index (κ1) is 17.6. The van der Waals surface area contributed by atoms with Crippen molar-refractivity contribution in [3.05, 3.63) is 28.3 Å². The minimum absolute atomic E-state index is 0.0791. The van der Waals surface area contributed by atoms with E-state index in [1.54, 1.807) is 0 Å². The predicted octanol–water partition coefficient (Wildman–Crippen LogP) is 4.03. The molecular formula is C22H28O4. The van der Waals surface area contributed by atoms with Crippen LogP contribution in [0.2, 0.25) is 0 Å². The molecule has 2 aliphatic carbocycles. The highest BCUT2D eigenvalue weighted by atomic mass is 16.5. The van der Waals surface area contributed by atoms with E-state index >= 15 is 0 Å².